The van der Waals surface area contributed by atoms with Gasteiger partial charge < -0.3 is 0 Å². The molecule has 6 heteroatoms. The van der Waals surface area contributed by atoms with Gasteiger partial charge in [-0.1, -0.05) is 0 Å². The van der Waals surface area contributed by atoms with Gasteiger partial charge in [0.15, 0.2) is 17.5 Å². The third-order valence-electron chi connectivity index (χ3n) is 1.92. The van der Waals surface area contributed by atoms with Crippen molar-refractivity contribution in [2.24, 2.45) is 5.10 Å². The van der Waals surface area contributed by atoms with Gasteiger partial charge in [-0.15, -0.1) is 0 Å². The minimum atomic E-state index is -1.30. The number of anilines is 1. The van der Waals surface area contributed by atoms with Crippen molar-refractivity contribution in [1.29, 1.82) is 0 Å². The Morgan fingerprint density at radius 3 is 2.40 bits per heavy atom. The van der Waals surface area contributed by atoms with E-state index < -0.39 is 23.4 Å². The second kappa shape index (κ2) is 3.38. The maximum absolute atomic E-state index is 13.2. The number of hydrogen-bond donors (Lipinski definition) is 0. The van der Waals surface area contributed by atoms with E-state index in [2.05, 4.69) is 5.10 Å². The van der Waals surface area contributed by atoms with Gasteiger partial charge in [-0.2, -0.15) is 10.1 Å². The molecule has 1 heterocycles. The van der Waals surface area contributed by atoms with Crippen molar-refractivity contribution in [3.8, 4) is 0 Å². The molecule has 1 aromatic carbocycles. The number of rotatable bonds is 1. The lowest BCUT2D eigenvalue weighted by Gasteiger charge is -2.12. The molecule has 0 fully saturated rings. The normalized spacial score (nSPS) is 15.1. The fourth-order valence-electron chi connectivity index (χ4n) is 1.22. The highest BCUT2D eigenvalue weighted by atomic mass is 19.2. The molecule has 1 amide bonds. The lowest BCUT2D eigenvalue weighted by molar-refractivity contribution is -0.116. The monoisotopic (exact) mass is 214 g/mol. The molecule has 0 aromatic heterocycles. The van der Waals surface area contributed by atoms with Gasteiger partial charge in [0.25, 0.3) is 5.91 Å². The van der Waals surface area contributed by atoms with Crippen LogP contribution in [0.15, 0.2) is 17.2 Å². The summed E-state index contributed by atoms with van der Waals surface area (Å²) in [5, 5.41) is 4.25. The number of halogens is 3. The maximum Gasteiger partial charge on any atom is 0.252 e. The molecule has 0 saturated heterocycles. The maximum atomic E-state index is 13.2. The van der Waals surface area contributed by atoms with Gasteiger partial charge in [-0.25, -0.2) is 13.2 Å². The lowest BCUT2D eigenvalue weighted by Crippen LogP contribution is -2.21. The zero-order valence-electron chi connectivity index (χ0n) is 7.38. The van der Waals surface area contributed by atoms with E-state index in [4.69, 9.17) is 0 Å². The van der Waals surface area contributed by atoms with Gasteiger partial charge in [0.2, 0.25) is 0 Å². The molecule has 2 rings (SSSR count). The molecule has 0 aliphatic carbocycles. The quantitative estimate of drug-likeness (QED) is 0.656. The smallest absolute Gasteiger partial charge is 0.252 e. The Labute approximate surface area is 82.8 Å². The van der Waals surface area contributed by atoms with Crippen LogP contribution >= 0.6 is 0 Å². The first-order chi connectivity index (χ1) is 7.09. The van der Waals surface area contributed by atoms with Crippen LogP contribution in [-0.4, -0.2) is 12.1 Å². The minimum absolute atomic E-state index is 0.0262. The molecule has 1 aliphatic rings. The Hall–Kier alpha value is -1.85. The Morgan fingerprint density at radius 1 is 1.13 bits per heavy atom. The summed E-state index contributed by atoms with van der Waals surface area (Å²) in [4.78, 5) is 11.1. The summed E-state index contributed by atoms with van der Waals surface area (Å²) in [6.07, 6.45) is 1.29. The Kier molecular flexibility index (Phi) is 2.18. The van der Waals surface area contributed by atoms with Crippen LogP contribution in [0.5, 0.6) is 0 Å². The molecule has 15 heavy (non-hydrogen) atoms. The van der Waals surface area contributed by atoms with Gasteiger partial charge in [0.05, 0.1) is 6.42 Å². The van der Waals surface area contributed by atoms with Crippen LogP contribution in [0.25, 0.3) is 0 Å². The number of carbonyl (C=O) groups is 1. The van der Waals surface area contributed by atoms with Gasteiger partial charge >= 0.3 is 0 Å². The molecular formula is C9H5F3N2O. The number of hydrazone groups is 1. The van der Waals surface area contributed by atoms with Crippen molar-refractivity contribution in [3.63, 3.8) is 0 Å². The first-order valence-electron chi connectivity index (χ1n) is 4.09. The molecule has 0 unspecified atom stereocenters. The van der Waals surface area contributed by atoms with Gasteiger partial charge in [0, 0.05) is 18.3 Å². The second-order valence-corrected chi connectivity index (χ2v) is 2.93. The van der Waals surface area contributed by atoms with Crippen LogP contribution in [0.2, 0.25) is 0 Å². The molecule has 1 aromatic rings. The first kappa shape index (κ1) is 9.70. The first-order valence-corrected chi connectivity index (χ1v) is 4.09. The summed E-state index contributed by atoms with van der Waals surface area (Å²) in [5.74, 6) is -4.03. The van der Waals surface area contributed by atoms with E-state index in [0.29, 0.717) is 17.1 Å². The van der Waals surface area contributed by atoms with E-state index in [9.17, 15) is 18.0 Å². The average Bonchev–Trinajstić information content (AvgIpc) is 2.58. The zero-order chi connectivity index (χ0) is 11.0. The van der Waals surface area contributed by atoms with E-state index >= 15 is 0 Å². The van der Waals surface area contributed by atoms with Crippen LogP contribution in [0.1, 0.15) is 6.42 Å². The third kappa shape index (κ3) is 1.58. The van der Waals surface area contributed by atoms with Crippen LogP contribution in [0.4, 0.5) is 18.9 Å². The van der Waals surface area contributed by atoms with E-state index in [1.54, 1.807) is 0 Å². The molecule has 0 N–H and O–H groups in total. The highest BCUT2D eigenvalue weighted by molar-refractivity contribution is 6.05. The molecule has 0 spiro atoms. The molecule has 0 bridgehead atoms. The molecular weight excluding hydrogens is 209 g/mol. The summed E-state index contributed by atoms with van der Waals surface area (Å²) in [5.41, 5.74) is -0.382. The molecule has 0 atom stereocenters. The third-order valence-corrected chi connectivity index (χ3v) is 1.92. The van der Waals surface area contributed by atoms with Crippen LogP contribution in [0.3, 0.4) is 0 Å². The number of hydrogen-bond acceptors (Lipinski definition) is 2. The predicted octanol–water partition coefficient (Wildman–Crippen LogP) is 1.83. The summed E-state index contributed by atoms with van der Waals surface area (Å²) in [6, 6.07) is 0.983. The predicted molar refractivity (Wildman–Crippen MR) is 46.9 cm³/mol. The topological polar surface area (TPSA) is 32.7 Å². The largest absolute Gasteiger partial charge is 0.272 e. The minimum Gasteiger partial charge on any atom is -0.272 e. The molecule has 0 radical (unpaired) electrons. The number of benzene rings is 1. The van der Waals surface area contributed by atoms with Gasteiger partial charge in [-0.05, 0) is 0 Å². The van der Waals surface area contributed by atoms with Crippen molar-refractivity contribution >= 4 is 17.8 Å². The Morgan fingerprint density at radius 2 is 1.80 bits per heavy atom. The molecule has 78 valence electrons. The van der Waals surface area contributed by atoms with Crippen molar-refractivity contribution < 1.29 is 18.0 Å². The fourth-order valence-corrected chi connectivity index (χ4v) is 1.22. The highest BCUT2D eigenvalue weighted by Crippen LogP contribution is 2.24. The van der Waals surface area contributed by atoms with E-state index in [1.165, 1.54) is 6.21 Å². The van der Waals surface area contributed by atoms with Crippen molar-refractivity contribution in [2.45, 2.75) is 6.42 Å². The SMILES string of the molecule is O=C1CC=NN1c1cc(F)c(F)cc1F. The van der Waals surface area contributed by atoms with E-state index in [0.717, 1.165) is 0 Å². The summed E-state index contributed by atoms with van der Waals surface area (Å²) in [6.45, 7) is 0. The number of amides is 1. The van der Waals surface area contributed by atoms with Crippen LogP contribution in [-0.2, 0) is 4.79 Å². The van der Waals surface area contributed by atoms with Crippen molar-refractivity contribution in [2.75, 3.05) is 5.01 Å². The summed E-state index contributed by atoms with van der Waals surface area (Å²) in [7, 11) is 0. The second-order valence-electron chi connectivity index (χ2n) is 2.93. The molecule has 0 saturated carbocycles. The Balaban J connectivity index is 2.48. The van der Waals surface area contributed by atoms with E-state index in [1.807, 2.05) is 0 Å². The van der Waals surface area contributed by atoms with Gasteiger partial charge in [-0.3, -0.25) is 4.79 Å². The average molecular weight is 214 g/mol. The zero-order valence-corrected chi connectivity index (χ0v) is 7.38. The summed E-state index contributed by atoms with van der Waals surface area (Å²) >= 11 is 0. The van der Waals surface area contributed by atoms with E-state index in [-0.39, 0.29) is 12.1 Å². The fraction of sp³-hybridized carbons (Fsp3) is 0.111. The van der Waals surface area contributed by atoms with Gasteiger partial charge in [0.1, 0.15) is 5.69 Å². The molecule has 1 aliphatic heterocycles. The number of carbonyl (C=O) groups excluding carboxylic acids is 1. The van der Waals surface area contributed by atoms with Crippen molar-refractivity contribution in [1.82, 2.24) is 0 Å². The number of nitrogens with zero attached hydrogens (tertiary/aromatic N) is 2. The Bertz CT molecular complexity index is 459. The highest BCUT2D eigenvalue weighted by Gasteiger charge is 2.23. The van der Waals surface area contributed by atoms with Crippen LogP contribution < -0.4 is 5.01 Å². The van der Waals surface area contributed by atoms with Crippen molar-refractivity contribution in [3.05, 3.63) is 29.6 Å². The molecule has 3 nitrogen and oxygen atoms in total. The summed E-state index contributed by atoms with van der Waals surface area (Å²) < 4.78 is 38.6. The standard InChI is InChI=1S/C9H5F3N2O/c10-5-3-7(12)8(4-6(5)11)14-9(15)1-2-13-14/h2-4H,1H2. The lowest BCUT2D eigenvalue weighted by atomic mass is 10.2. The van der Waals surface area contributed by atoms with Crippen LogP contribution in [0, 0.1) is 17.5 Å².